The fraction of sp³-hybridized carbons (Fsp3) is 0.346. The zero-order chi connectivity index (χ0) is 22.8. The molecule has 0 saturated heterocycles. The van der Waals surface area contributed by atoms with Gasteiger partial charge in [-0.05, 0) is 56.5 Å². The monoisotopic (exact) mass is 436 g/mol. The van der Waals surface area contributed by atoms with E-state index in [1.807, 2.05) is 31.2 Å². The first kappa shape index (κ1) is 22.1. The third-order valence-corrected chi connectivity index (χ3v) is 5.84. The van der Waals surface area contributed by atoms with Gasteiger partial charge in [-0.3, -0.25) is 0 Å². The molecule has 0 saturated carbocycles. The SMILES string of the molecule is CC=C(CC(C)C)N1CCn2c(nc(-c3ccc(F)c(F)c3)c2Nc2ccc(C)cc2)C1. The number of hydrogen-bond donors (Lipinski definition) is 1. The molecule has 3 aromatic rings. The molecule has 32 heavy (non-hydrogen) atoms. The van der Waals surface area contributed by atoms with Crippen molar-refractivity contribution in [3.63, 3.8) is 0 Å². The summed E-state index contributed by atoms with van der Waals surface area (Å²) in [5.74, 6) is 0.557. The van der Waals surface area contributed by atoms with Crippen molar-refractivity contribution in [2.75, 3.05) is 11.9 Å². The van der Waals surface area contributed by atoms with E-state index in [0.29, 0.717) is 23.7 Å². The van der Waals surface area contributed by atoms with Gasteiger partial charge in [0.2, 0.25) is 0 Å². The number of nitrogens with zero attached hydrogens (tertiary/aromatic N) is 3. The number of aryl methyl sites for hydroxylation is 1. The number of hydrogen-bond acceptors (Lipinski definition) is 3. The normalized spacial score (nSPS) is 14.1. The summed E-state index contributed by atoms with van der Waals surface area (Å²) in [6.07, 6.45) is 3.20. The van der Waals surface area contributed by atoms with Gasteiger partial charge < -0.3 is 14.8 Å². The lowest BCUT2D eigenvalue weighted by Gasteiger charge is -2.33. The van der Waals surface area contributed by atoms with Gasteiger partial charge >= 0.3 is 0 Å². The molecule has 1 aromatic heterocycles. The molecule has 6 heteroatoms. The number of aromatic nitrogens is 2. The Labute approximate surface area is 188 Å². The van der Waals surface area contributed by atoms with E-state index in [9.17, 15) is 8.78 Å². The van der Waals surface area contributed by atoms with Crippen molar-refractivity contribution in [2.24, 2.45) is 5.92 Å². The van der Waals surface area contributed by atoms with Gasteiger partial charge in [0.1, 0.15) is 17.3 Å². The van der Waals surface area contributed by atoms with Crippen LogP contribution in [0.3, 0.4) is 0 Å². The number of imidazole rings is 1. The molecule has 1 aliphatic rings. The van der Waals surface area contributed by atoms with Gasteiger partial charge in [0.25, 0.3) is 0 Å². The first-order valence-corrected chi connectivity index (χ1v) is 11.1. The van der Waals surface area contributed by atoms with Gasteiger partial charge in [0.05, 0.1) is 6.54 Å². The topological polar surface area (TPSA) is 33.1 Å². The van der Waals surface area contributed by atoms with Crippen molar-refractivity contribution >= 4 is 11.5 Å². The molecule has 4 nitrogen and oxygen atoms in total. The van der Waals surface area contributed by atoms with E-state index >= 15 is 0 Å². The summed E-state index contributed by atoms with van der Waals surface area (Å²) in [6.45, 7) is 10.9. The largest absolute Gasteiger partial charge is 0.366 e. The maximum absolute atomic E-state index is 14.0. The van der Waals surface area contributed by atoms with Gasteiger partial charge in [-0.25, -0.2) is 13.8 Å². The second-order valence-electron chi connectivity index (χ2n) is 8.80. The molecule has 4 rings (SSSR count). The van der Waals surface area contributed by atoms with Crippen LogP contribution in [0, 0.1) is 24.5 Å². The predicted molar refractivity (Wildman–Crippen MR) is 126 cm³/mol. The molecular weight excluding hydrogens is 406 g/mol. The van der Waals surface area contributed by atoms with Crippen molar-refractivity contribution in [3.05, 3.63) is 77.3 Å². The molecular formula is C26H30F2N4. The van der Waals surface area contributed by atoms with Crippen LogP contribution in [-0.2, 0) is 13.1 Å². The van der Waals surface area contributed by atoms with Crippen molar-refractivity contribution in [2.45, 2.75) is 47.2 Å². The Hall–Kier alpha value is -3.15. The zero-order valence-corrected chi connectivity index (χ0v) is 19.1. The fourth-order valence-corrected chi connectivity index (χ4v) is 4.17. The Morgan fingerprint density at radius 2 is 1.84 bits per heavy atom. The van der Waals surface area contributed by atoms with E-state index in [4.69, 9.17) is 4.98 Å². The van der Waals surface area contributed by atoms with Gasteiger partial charge in [0.15, 0.2) is 11.6 Å². The Morgan fingerprint density at radius 1 is 1.09 bits per heavy atom. The number of allylic oxidation sites excluding steroid dienone is 2. The number of anilines is 2. The molecule has 0 radical (unpaired) electrons. The third-order valence-electron chi connectivity index (χ3n) is 5.84. The summed E-state index contributed by atoms with van der Waals surface area (Å²) >= 11 is 0. The highest BCUT2D eigenvalue weighted by Crippen LogP contribution is 2.35. The van der Waals surface area contributed by atoms with Gasteiger partial charge in [-0.15, -0.1) is 0 Å². The standard InChI is InChI=1S/C26H30F2N4/c1-5-21(14-17(2)3)31-12-13-32-24(16-31)30-25(19-8-11-22(27)23(28)15-19)26(32)29-20-9-6-18(4)7-10-20/h5-11,15,17,29H,12-14,16H2,1-4H3. The highest BCUT2D eigenvalue weighted by atomic mass is 19.2. The second-order valence-corrected chi connectivity index (χ2v) is 8.80. The van der Waals surface area contributed by atoms with Crippen LogP contribution in [0.15, 0.2) is 54.2 Å². The molecule has 0 fully saturated rings. The van der Waals surface area contributed by atoms with E-state index in [1.165, 1.54) is 17.3 Å². The van der Waals surface area contributed by atoms with Crippen LogP contribution in [-0.4, -0.2) is 21.0 Å². The van der Waals surface area contributed by atoms with Crippen LogP contribution in [0.2, 0.25) is 0 Å². The van der Waals surface area contributed by atoms with Crippen molar-refractivity contribution in [3.8, 4) is 11.3 Å². The fourth-order valence-electron chi connectivity index (χ4n) is 4.17. The highest BCUT2D eigenvalue weighted by Gasteiger charge is 2.26. The quantitative estimate of drug-likeness (QED) is 0.470. The molecule has 1 N–H and O–H groups in total. The second kappa shape index (κ2) is 9.15. The van der Waals surface area contributed by atoms with E-state index in [1.54, 1.807) is 6.07 Å². The summed E-state index contributed by atoms with van der Waals surface area (Å²) in [7, 11) is 0. The van der Waals surface area contributed by atoms with Crippen LogP contribution < -0.4 is 5.32 Å². The van der Waals surface area contributed by atoms with E-state index in [2.05, 4.69) is 41.6 Å². The minimum Gasteiger partial charge on any atom is -0.366 e. The Kier molecular flexibility index (Phi) is 6.31. The summed E-state index contributed by atoms with van der Waals surface area (Å²) in [5, 5.41) is 3.48. The molecule has 0 bridgehead atoms. The summed E-state index contributed by atoms with van der Waals surface area (Å²) in [5.41, 5.74) is 4.61. The third kappa shape index (κ3) is 4.54. The lowest BCUT2D eigenvalue weighted by molar-refractivity contribution is 0.259. The average molecular weight is 437 g/mol. The van der Waals surface area contributed by atoms with E-state index in [0.717, 1.165) is 42.9 Å². The lowest BCUT2D eigenvalue weighted by Crippen LogP contribution is -2.34. The van der Waals surface area contributed by atoms with E-state index in [-0.39, 0.29) is 0 Å². The number of nitrogens with one attached hydrogen (secondary N) is 1. The molecule has 2 aromatic carbocycles. The van der Waals surface area contributed by atoms with Gasteiger partial charge in [0, 0.05) is 30.0 Å². The van der Waals surface area contributed by atoms with E-state index < -0.39 is 11.6 Å². The molecule has 0 unspecified atom stereocenters. The van der Waals surface area contributed by atoms with Gasteiger partial charge in [-0.1, -0.05) is 37.6 Å². The maximum Gasteiger partial charge on any atom is 0.159 e. The van der Waals surface area contributed by atoms with Crippen LogP contribution in [0.5, 0.6) is 0 Å². The number of halogens is 2. The zero-order valence-electron chi connectivity index (χ0n) is 19.1. The minimum atomic E-state index is -0.871. The Balaban J connectivity index is 1.74. The molecule has 0 amide bonds. The molecule has 0 atom stereocenters. The smallest absolute Gasteiger partial charge is 0.159 e. The Morgan fingerprint density at radius 3 is 2.50 bits per heavy atom. The number of rotatable bonds is 6. The van der Waals surface area contributed by atoms with Crippen LogP contribution in [0.1, 0.15) is 38.6 Å². The average Bonchev–Trinajstić information content (AvgIpc) is 3.13. The molecule has 1 aliphatic heterocycles. The first-order valence-electron chi connectivity index (χ1n) is 11.1. The summed E-state index contributed by atoms with van der Waals surface area (Å²) < 4.78 is 29.8. The highest BCUT2D eigenvalue weighted by molar-refractivity contribution is 5.76. The van der Waals surface area contributed by atoms with Crippen LogP contribution >= 0.6 is 0 Å². The summed E-state index contributed by atoms with van der Waals surface area (Å²) in [4.78, 5) is 7.26. The lowest BCUT2D eigenvalue weighted by atomic mass is 10.1. The molecule has 0 spiro atoms. The number of benzene rings is 2. The minimum absolute atomic E-state index is 0.556. The molecule has 2 heterocycles. The van der Waals surface area contributed by atoms with Crippen molar-refractivity contribution in [1.82, 2.24) is 14.5 Å². The predicted octanol–water partition coefficient (Wildman–Crippen LogP) is 6.65. The van der Waals surface area contributed by atoms with Crippen molar-refractivity contribution < 1.29 is 8.78 Å². The van der Waals surface area contributed by atoms with Crippen LogP contribution in [0.25, 0.3) is 11.3 Å². The maximum atomic E-state index is 14.0. The molecule has 0 aliphatic carbocycles. The Bertz CT molecular complexity index is 1130. The van der Waals surface area contributed by atoms with Gasteiger partial charge in [-0.2, -0.15) is 0 Å². The van der Waals surface area contributed by atoms with Crippen LogP contribution in [0.4, 0.5) is 20.3 Å². The summed E-state index contributed by atoms with van der Waals surface area (Å²) in [6, 6.07) is 12.1. The molecule has 168 valence electrons. The first-order chi connectivity index (χ1) is 15.4. The number of fused-ring (bicyclic) bond motifs is 1. The van der Waals surface area contributed by atoms with Crippen molar-refractivity contribution in [1.29, 1.82) is 0 Å².